The number of nitrogens with one attached hydrogen (secondary N) is 1. The van der Waals surface area contributed by atoms with Gasteiger partial charge in [-0.1, -0.05) is 0 Å². The number of carbonyl (C=O) groups is 2. The highest BCUT2D eigenvalue weighted by molar-refractivity contribution is 5.96. The first kappa shape index (κ1) is 100. The molecule has 23 heavy (non-hydrogen) atoms. The molecule has 0 aromatic heterocycles. The number of alkyl halides is 3. The molecule has 0 atom stereocenters. The molecule has 14 nitrogen and oxygen atoms in total. The van der Waals surface area contributed by atoms with E-state index in [2.05, 4.69) is 0 Å². The van der Waals surface area contributed by atoms with E-state index in [4.69, 9.17) is 0 Å². The van der Waals surface area contributed by atoms with Crippen molar-refractivity contribution < 1.29 is 22.8 Å². The van der Waals surface area contributed by atoms with Crippen molar-refractivity contribution in [1.29, 1.82) is 0 Å². The van der Waals surface area contributed by atoms with Gasteiger partial charge >= 0.3 is 6.18 Å². The zero-order valence-electron chi connectivity index (χ0n) is 14.1. The Morgan fingerprint density at radius 1 is 0.739 bits per heavy atom. The van der Waals surface area contributed by atoms with Crippen molar-refractivity contribution in [2.75, 3.05) is 6.54 Å². The van der Waals surface area contributed by atoms with Gasteiger partial charge in [0.2, 0.25) is 5.91 Å². The maximum atomic E-state index is 11.5. The molecule has 0 aromatic carbocycles. The molecule has 0 aliphatic rings. The van der Waals surface area contributed by atoms with Crippen LogP contribution in [0.15, 0.2) is 0 Å². The Bertz CT molecular complexity index is 206. The molecule has 0 radical (unpaired) electrons. The largest absolute Gasteiger partial charge is 0.405 e. The van der Waals surface area contributed by atoms with Gasteiger partial charge in [0.15, 0.2) is 0 Å². The van der Waals surface area contributed by atoms with Crippen molar-refractivity contribution >= 4 is 11.7 Å². The minimum atomic E-state index is -4.42. The fourth-order valence-electron chi connectivity index (χ4n) is 0.487. The molecule has 0 unspecified atom stereocenters. The molecule has 0 rings (SSSR count). The molecule has 0 saturated carbocycles. The van der Waals surface area contributed by atoms with Crippen molar-refractivity contribution in [3.05, 3.63) is 0 Å². The number of amides is 1. The van der Waals surface area contributed by atoms with Crippen LogP contribution in [0.5, 0.6) is 0 Å². The first-order valence-electron chi connectivity index (χ1n) is 3.14. The minimum Gasteiger partial charge on any atom is -0.347 e. The minimum absolute atomic E-state index is 0. The van der Waals surface area contributed by atoms with E-state index in [1.165, 1.54) is 0 Å². The van der Waals surface area contributed by atoms with Gasteiger partial charge in [0.1, 0.15) is 12.3 Å². The molecule has 0 saturated heterocycles. The average molecular weight is 370 g/mol. The average Bonchev–Trinajstić information content (AvgIpc) is 1.80. The standard InChI is InChI=1S/C6H8F3NO2.11H3N/c1-4(11)2-5(12)10-3-6(7,8)9;;;;;;;;;;;/h2-3H2,1H3,(H,10,12);11*1H3. The monoisotopic (exact) mass is 370 g/mol. The second-order valence-corrected chi connectivity index (χ2v) is 2.27. The molecule has 0 fully saturated rings. The lowest BCUT2D eigenvalue weighted by Gasteiger charge is -2.06. The SMILES string of the molecule is CC(=O)CC(=O)NCC(F)(F)F.N.N.N.N.N.N.N.N.N.N.N. The molecule has 0 aliphatic carbocycles. The third-order valence-corrected chi connectivity index (χ3v) is 0.896. The van der Waals surface area contributed by atoms with E-state index < -0.39 is 30.8 Å². The Morgan fingerprint density at radius 3 is 1.17 bits per heavy atom. The van der Waals surface area contributed by atoms with E-state index in [9.17, 15) is 22.8 Å². The van der Waals surface area contributed by atoms with Crippen LogP contribution < -0.4 is 73.0 Å². The smallest absolute Gasteiger partial charge is 0.347 e. The van der Waals surface area contributed by atoms with E-state index >= 15 is 0 Å². The van der Waals surface area contributed by atoms with Gasteiger partial charge in [0.25, 0.3) is 0 Å². The fourth-order valence-corrected chi connectivity index (χ4v) is 0.487. The zero-order valence-corrected chi connectivity index (χ0v) is 14.1. The molecule has 0 aliphatic heterocycles. The number of rotatable bonds is 3. The van der Waals surface area contributed by atoms with Crippen LogP contribution in [0.25, 0.3) is 0 Å². The van der Waals surface area contributed by atoms with Crippen LogP contribution in [0.2, 0.25) is 0 Å². The number of carbonyl (C=O) groups excluding carboxylic acids is 2. The van der Waals surface area contributed by atoms with Crippen molar-refractivity contribution in [2.24, 2.45) is 0 Å². The Kier molecular flexibility index (Phi) is 186. The third-order valence-electron chi connectivity index (χ3n) is 0.896. The van der Waals surface area contributed by atoms with E-state index in [0.717, 1.165) is 6.92 Å². The summed E-state index contributed by atoms with van der Waals surface area (Å²) in [5, 5.41) is 1.57. The summed E-state index contributed by atoms with van der Waals surface area (Å²) >= 11 is 0. The quantitative estimate of drug-likeness (QED) is 0.317. The molecule has 1 amide bonds. The van der Waals surface area contributed by atoms with Gasteiger partial charge < -0.3 is 73.0 Å². The summed E-state index contributed by atoms with van der Waals surface area (Å²) in [6.45, 7) is -0.258. The highest BCUT2D eigenvalue weighted by Crippen LogP contribution is 2.12. The molecule has 0 heterocycles. The Balaban J connectivity index is -0.0000000110. The van der Waals surface area contributed by atoms with Crippen LogP contribution in [0, 0.1) is 0 Å². The summed E-state index contributed by atoms with van der Waals surface area (Å²) in [7, 11) is 0. The second kappa shape index (κ2) is 42.8. The molecule has 17 heteroatoms. The summed E-state index contributed by atoms with van der Waals surface area (Å²) < 4.78 is 34.4. The van der Waals surface area contributed by atoms with Gasteiger partial charge in [-0.2, -0.15) is 13.2 Å². The molecule has 0 bridgehead atoms. The maximum absolute atomic E-state index is 11.5. The number of hydrogen-bond donors (Lipinski definition) is 12. The van der Waals surface area contributed by atoms with E-state index in [-0.39, 0.29) is 67.7 Å². The summed E-state index contributed by atoms with van der Waals surface area (Å²) in [6, 6.07) is 0. The molecule has 0 spiro atoms. The maximum Gasteiger partial charge on any atom is 0.405 e. The Labute approximate surface area is 134 Å². The fraction of sp³-hybridized carbons (Fsp3) is 0.667. The summed E-state index contributed by atoms with van der Waals surface area (Å²) in [4.78, 5) is 20.7. The second-order valence-electron chi connectivity index (χ2n) is 2.27. The highest BCUT2D eigenvalue weighted by Gasteiger charge is 2.27. The number of ketones is 1. The lowest BCUT2D eigenvalue weighted by atomic mass is 10.3. The van der Waals surface area contributed by atoms with Gasteiger partial charge in [-0.05, 0) is 6.92 Å². The van der Waals surface area contributed by atoms with Gasteiger partial charge in [0.05, 0.1) is 6.42 Å². The topological polar surface area (TPSA) is 431 Å². The van der Waals surface area contributed by atoms with Gasteiger partial charge in [-0.3, -0.25) is 9.59 Å². The number of halogens is 3. The van der Waals surface area contributed by atoms with E-state index in [1.807, 2.05) is 0 Å². The summed E-state index contributed by atoms with van der Waals surface area (Å²) in [5.41, 5.74) is 0. The molecular formula is C6H41F3N12O2. The molecule has 158 valence electrons. The van der Waals surface area contributed by atoms with Crippen molar-refractivity contribution in [3.8, 4) is 0 Å². The van der Waals surface area contributed by atoms with Crippen LogP contribution >= 0.6 is 0 Å². The van der Waals surface area contributed by atoms with Gasteiger partial charge in [-0.25, -0.2) is 0 Å². The first-order chi connectivity index (χ1) is 5.31. The van der Waals surface area contributed by atoms with E-state index in [0.29, 0.717) is 0 Å². The first-order valence-corrected chi connectivity index (χ1v) is 3.14. The predicted octanol–water partition coefficient (Wildman–Crippen LogP) is 2.43. The molecule has 34 N–H and O–H groups in total. The van der Waals surface area contributed by atoms with E-state index in [1.54, 1.807) is 5.32 Å². The van der Waals surface area contributed by atoms with Crippen molar-refractivity contribution in [2.45, 2.75) is 19.5 Å². The molecule has 0 aromatic rings. The zero-order chi connectivity index (χ0) is 9.78. The lowest BCUT2D eigenvalue weighted by molar-refractivity contribution is -0.140. The van der Waals surface area contributed by atoms with Crippen LogP contribution in [0.4, 0.5) is 13.2 Å². The lowest BCUT2D eigenvalue weighted by Crippen LogP contribution is -2.34. The van der Waals surface area contributed by atoms with Crippen LogP contribution in [-0.2, 0) is 9.59 Å². The number of hydrogen-bond acceptors (Lipinski definition) is 13. The van der Waals surface area contributed by atoms with Crippen molar-refractivity contribution in [3.63, 3.8) is 0 Å². The predicted molar refractivity (Wildman–Crippen MR) is 89.6 cm³/mol. The Hall–Kier alpha value is -1.51. The highest BCUT2D eigenvalue weighted by atomic mass is 19.4. The molecular weight excluding hydrogens is 329 g/mol. The van der Waals surface area contributed by atoms with Crippen LogP contribution in [0.3, 0.4) is 0 Å². The van der Waals surface area contributed by atoms with Gasteiger partial charge in [0, 0.05) is 0 Å². The normalized spacial score (nSPS) is 5.74. The van der Waals surface area contributed by atoms with Crippen LogP contribution in [0.1, 0.15) is 13.3 Å². The Morgan fingerprint density at radius 2 is 1.00 bits per heavy atom. The van der Waals surface area contributed by atoms with Crippen LogP contribution in [-0.4, -0.2) is 24.4 Å². The summed E-state index contributed by atoms with van der Waals surface area (Å²) in [6.07, 6.45) is -4.93. The summed E-state index contributed by atoms with van der Waals surface area (Å²) in [5.74, 6) is -1.37. The third kappa shape index (κ3) is 97.2. The number of Topliss-reactive ketones (excluding diaryl/α,β-unsaturated/α-hetero) is 1. The van der Waals surface area contributed by atoms with Gasteiger partial charge in [-0.15, -0.1) is 0 Å². The van der Waals surface area contributed by atoms with Crippen molar-refractivity contribution in [1.82, 2.24) is 73.0 Å².